The maximum Gasteiger partial charge on any atom is 0.124 e. The number of benzene rings is 4. The van der Waals surface area contributed by atoms with Gasteiger partial charge in [-0.15, -0.1) is 0 Å². The first-order valence-corrected chi connectivity index (χ1v) is 27.6. The number of rotatable bonds is 10. The van der Waals surface area contributed by atoms with Crippen molar-refractivity contribution >= 4 is 40.5 Å². The second-order valence-electron chi connectivity index (χ2n) is 20.3. The third-order valence-corrected chi connectivity index (χ3v) is 14.0. The Morgan fingerprint density at radius 3 is 1.09 bits per heavy atom. The Morgan fingerprint density at radius 2 is 0.788 bits per heavy atom. The van der Waals surface area contributed by atoms with Crippen molar-refractivity contribution in [3.05, 3.63) is 117 Å². The highest BCUT2D eigenvalue weighted by Gasteiger charge is 2.23. The van der Waals surface area contributed by atoms with Crippen molar-refractivity contribution < 1.29 is 51.9 Å². The van der Waals surface area contributed by atoms with Crippen molar-refractivity contribution in [3.8, 4) is 0 Å². The molecule has 0 N–H and O–H groups in total. The minimum Gasteiger partial charge on any atom is -0.744 e. The minimum atomic E-state index is -4.79. The lowest BCUT2D eigenvalue weighted by Gasteiger charge is -2.28. The van der Waals surface area contributed by atoms with E-state index in [1.54, 1.807) is 33.3 Å². The average molecular weight is 993 g/mol. The molecule has 0 saturated heterocycles. The Morgan fingerprint density at radius 1 is 0.379 bits per heavy atom. The molecule has 0 fully saturated rings. The van der Waals surface area contributed by atoms with E-state index in [-0.39, 0.29) is 22.3 Å². The second-order valence-corrected chi connectivity index (χ2v) is 25.8. The molecule has 0 heterocycles. The zero-order valence-electron chi connectivity index (χ0n) is 41.9. The predicted octanol–water partition coefficient (Wildman–Crippen LogP) is 11.7. The second kappa shape index (κ2) is 23.2. The van der Waals surface area contributed by atoms with Gasteiger partial charge in [0.1, 0.15) is 40.5 Å². The molecule has 0 atom stereocenters. The predicted molar refractivity (Wildman–Crippen MR) is 260 cm³/mol. The molecule has 16 heteroatoms. The van der Waals surface area contributed by atoms with Crippen molar-refractivity contribution in [1.29, 1.82) is 0 Å². The van der Waals surface area contributed by atoms with Crippen LogP contribution < -0.4 is 0 Å². The van der Waals surface area contributed by atoms with Gasteiger partial charge in [-0.25, -0.2) is 33.7 Å². The minimum absolute atomic E-state index is 0.0249. The molecular formula is C50H72O12S4-4. The summed E-state index contributed by atoms with van der Waals surface area (Å²) in [7, 11) is -18.9. The van der Waals surface area contributed by atoms with Crippen molar-refractivity contribution in [2.24, 2.45) is 0 Å². The molecule has 4 aromatic carbocycles. The van der Waals surface area contributed by atoms with E-state index in [2.05, 4.69) is 133 Å². The molecule has 0 unspecified atom stereocenters. The van der Waals surface area contributed by atoms with E-state index >= 15 is 0 Å². The summed E-state index contributed by atoms with van der Waals surface area (Å²) in [6.45, 7) is 38.6. The molecule has 0 aliphatic carbocycles. The molecule has 0 amide bonds. The van der Waals surface area contributed by atoms with Crippen LogP contribution in [0.3, 0.4) is 0 Å². The van der Waals surface area contributed by atoms with Gasteiger partial charge in [-0.2, -0.15) is 0 Å². The maximum atomic E-state index is 10.9. The van der Waals surface area contributed by atoms with Crippen molar-refractivity contribution in [1.82, 2.24) is 0 Å². The molecular weight excluding hydrogens is 921 g/mol. The van der Waals surface area contributed by atoms with Gasteiger partial charge in [0.15, 0.2) is 0 Å². The van der Waals surface area contributed by atoms with Gasteiger partial charge in [-0.3, -0.25) is 0 Å². The fourth-order valence-corrected chi connectivity index (χ4v) is 9.54. The molecule has 4 aromatic rings. The van der Waals surface area contributed by atoms with Gasteiger partial charge in [-0.1, -0.05) is 161 Å². The summed E-state index contributed by atoms with van der Waals surface area (Å²) in [5.74, 6) is 1.86. The van der Waals surface area contributed by atoms with Crippen LogP contribution in [0.4, 0.5) is 0 Å². The van der Waals surface area contributed by atoms with E-state index < -0.39 is 66.0 Å². The van der Waals surface area contributed by atoms with Crippen LogP contribution in [0.1, 0.15) is 205 Å². The molecule has 0 spiro atoms. The highest BCUT2D eigenvalue weighted by Crippen LogP contribution is 2.35. The molecule has 0 radical (unpaired) electrons. The first-order chi connectivity index (χ1) is 29.5. The van der Waals surface area contributed by atoms with Crippen molar-refractivity contribution in [3.63, 3.8) is 0 Å². The summed E-state index contributed by atoms with van der Waals surface area (Å²) in [5, 5.41) is 0. The molecule has 372 valence electrons. The van der Waals surface area contributed by atoms with Crippen LogP contribution in [0.2, 0.25) is 0 Å². The summed E-state index contributed by atoms with van der Waals surface area (Å²) in [4.78, 5) is -2.47. The zero-order chi connectivity index (χ0) is 51.9. The molecule has 0 aromatic heterocycles. The monoisotopic (exact) mass is 992 g/mol. The first-order valence-electron chi connectivity index (χ1n) is 21.9. The summed E-state index contributed by atoms with van der Waals surface area (Å²) in [6.07, 6.45) is 0. The summed E-state index contributed by atoms with van der Waals surface area (Å²) >= 11 is 0. The van der Waals surface area contributed by atoms with Gasteiger partial charge < -0.3 is 18.2 Å². The van der Waals surface area contributed by atoms with Crippen LogP contribution in [0.5, 0.6) is 0 Å². The van der Waals surface area contributed by atoms with Crippen LogP contribution in [-0.2, 0) is 51.3 Å². The first kappa shape index (κ1) is 60.5. The van der Waals surface area contributed by atoms with Crippen molar-refractivity contribution in [2.45, 2.75) is 191 Å². The third-order valence-electron chi connectivity index (χ3n) is 10.7. The van der Waals surface area contributed by atoms with Crippen LogP contribution >= 0.6 is 0 Å². The fraction of sp³-hybridized carbons (Fsp3) is 0.520. The van der Waals surface area contributed by atoms with E-state index in [1.165, 1.54) is 27.8 Å². The Kier molecular flexibility index (Phi) is 21.3. The van der Waals surface area contributed by atoms with E-state index in [0.29, 0.717) is 35.3 Å². The van der Waals surface area contributed by atoms with Crippen LogP contribution in [0.25, 0.3) is 0 Å². The topological polar surface area (TPSA) is 229 Å². The molecule has 0 saturated carbocycles. The summed E-state index contributed by atoms with van der Waals surface area (Å²) in [5.41, 5.74) is 9.85. The molecule has 66 heavy (non-hydrogen) atoms. The van der Waals surface area contributed by atoms with Crippen LogP contribution in [0, 0.1) is 0 Å². The van der Waals surface area contributed by atoms with Crippen LogP contribution in [0.15, 0.2) is 92.4 Å². The Labute approximate surface area is 398 Å². The molecule has 0 bridgehead atoms. The quantitative estimate of drug-likeness (QED) is 0.135. The number of hydrogen-bond donors (Lipinski definition) is 0. The summed E-state index contributed by atoms with van der Waals surface area (Å²) in [6, 6.07) is 19.1. The van der Waals surface area contributed by atoms with E-state index in [9.17, 15) is 51.9 Å². The smallest absolute Gasteiger partial charge is 0.124 e. The van der Waals surface area contributed by atoms with Gasteiger partial charge in [0, 0.05) is 0 Å². The highest BCUT2D eigenvalue weighted by molar-refractivity contribution is 7.87. The maximum absolute atomic E-state index is 10.9. The number of hydrogen-bond acceptors (Lipinski definition) is 12. The lowest BCUT2D eigenvalue weighted by Crippen LogP contribution is -2.18. The lowest BCUT2D eigenvalue weighted by atomic mass is 9.77. The third kappa shape index (κ3) is 18.2. The SMILES string of the molecule is CC(C)c1cc(C(C)(C)C)ccc1C(C)(C)C.CC(C)c1cc(S(=O)(=O)[O-])cc(S(=O)(=O)[O-])c1.CC(C)c1cc(S(=O)(=O)[O-])ccc1S(=O)(=O)[O-].CC(C)c1cccc(C(C)C)c1C(C)C. The fourth-order valence-electron chi connectivity index (χ4n) is 7.04. The molecule has 0 aliphatic heterocycles. The summed E-state index contributed by atoms with van der Waals surface area (Å²) < 4.78 is 130. The van der Waals surface area contributed by atoms with Crippen molar-refractivity contribution in [2.75, 3.05) is 0 Å². The Bertz CT molecular complexity index is 2640. The normalized spacial score (nSPS) is 12.8. The van der Waals surface area contributed by atoms with E-state index in [1.807, 2.05) is 0 Å². The average Bonchev–Trinajstić information content (AvgIpc) is 3.15. The van der Waals surface area contributed by atoms with Crippen LogP contribution in [-0.4, -0.2) is 51.9 Å². The van der Waals surface area contributed by atoms with Gasteiger partial charge in [-0.05, 0) is 127 Å². The van der Waals surface area contributed by atoms with Gasteiger partial charge in [0.05, 0.1) is 19.6 Å². The van der Waals surface area contributed by atoms with E-state index in [0.717, 1.165) is 30.3 Å². The van der Waals surface area contributed by atoms with Gasteiger partial charge in [0.25, 0.3) is 0 Å². The van der Waals surface area contributed by atoms with Gasteiger partial charge in [0.2, 0.25) is 0 Å². The highest BCUT2D eigenvalue weighted by atomic mass is 32.2. The standard InChI is InChI=1S/C17H28.C15H24.2C9H12O6S2/c1-12(2)14-11-13(16(3,4)5)9-10-15(14)17(6,7)8;1-10(2)13-8-7-9-14(11(3)4)15(13)12(5)6;1-6(2)7-3-8(16(10,11)12)5-9(4-7)17(13,14)15;1-6(2)8-5-7(16(10,11)12)3-4-9(8)17(13,14)15/h9-12H,1-8H3;7-12H,1-6H3;2*3-6H,1-2H3,(H,10,11,12)(H,13,14,15)/p-4. The molecule has 4 rings (SSSR count). The largest absolute Gasteiger partial charge is 0.744 e. The zero-order valence-corrected chi connectivity index (χ0v) is 45.2. The lowest BCUT2D eigenvalue weighted by molar-refractivity contribution is 0.457. The van der Waals surface area contributed by atoms with Gasteiger partial charge >= 0.3 is 0 Å². The van der Waals surface area contributed by atoms with E-state index in [4.69, 9.17) is 0 Å². The molecule has 0 aliphatic rings. The Balaban J connectivity index is 0.000000441. The Hall–Kier alpha value is -3.48. The molecule has 12 nitrogen and oxygen atoms in total.